The third-order valence-electron chi connectivity index (χ3n) is 7.20. The van der Waals surface area contributed by atoms with Crippen molar-refractivity contribution in [2.75, 3.05) is 6.54 Å². The molecule has 4 nitrogen and oxygen atoms in total. The Labute approximate surface area is 210 Å². The van der Waals surface area contributed by atoms with Crippen LogP contribution in [0.5, 0.6) is 5.75 Å². The maximum atomic E-state index is 14.4. The standard InChI is InChI=1S/C31H30FNO3/c1-19-16-22(17-28(30(19)32)31(34)35)27-18-23(36-29-13-6-5-11-26(27)29)14-15-33-20(2)24-12-7-9-21-8-3-4-10-25(21)24/h3-13,16-17,20,23,27,33H,14-15,18H2,1-2H3,(H,34,35)/t20-,23+,27+/m1/s1. The molecule has 0 radical (unpaired) electrons. The number of hydrogen-bond donors (Lipinski definition) is 2. The molecule has 36 heavy (non-hydrogen) atoms. The summed E-state index contributed by atoms with van der Waals surface area (Å²) in [6.45, 7) is 4.57. The van der Waals surface area contributed by atoms with Crippen LogP contribution >= 0.6 is 0 Å². The lowest BCUT2D eigenvalue weighted by Crippen LogP contribution is -2.31. The van der Waals surface area contributed by atoms with Crippen LogP contribution in [0.4, 0.5) is 4.39 Å². The van der Waals surface area contributed by atoms with Crippen molar-refractivity contribution in [3.63, 3.8) is 0 Å². The SMILES string of the molecule is Cc1cc([C@@H]2C[C@H](CCN[C@H](C)c3cccc4ccccc34)Oc3ccccc32)cc(C(=O)O)c1F. The number of fused-ring (bicyclic) bond motifs is 2. The Morgan fingerprint density at radius 1 is 1.08 bits per heavy atom. The van der Waals surface area contributed by atoms with E-state index in [-0.39, 0.29) is 23.6 Å². The number of halogens is 1. The van der Waals surface area contributed by atoms with E-state index in [2.05, 4.69) is 54.7 Å². The van der Waals surface area contributed by atoms with Gasteiger partial charge in [-0.1, -0.05) is 66.7 Å². The zero-order valence-corrected chi connectivity index (χ0v) is 20.5. The van der Waals surface area contributed by atoms with Crippen molar-refractivity contribution in [2.45, 2.75) is 44.8 Å². The second-order valence-corrected chi connectivity index (χ2v) is 9.60. The molecule has 1 aliphatic rings. The molecule has 2 N–H and O–H groups in total. The highest BCUT2D eigenvalue weighted by Crippen LogP contribution is 2.41. The minimum absolute atomic E-state index is 0.0456. The van der Waals surface area contributed by atoms with Crippen molar-refractivity contribution < 1.29 is 19.0 Å². The monoisotopic (exact) mass is 483 g/mol. The first-order chi connectivity index (χ1) is 17.4. The van der Waals surface area contributed by atoms with Gasteiger partial charge < -0.3 is 15.2 Å². The summed E-state index contributed by atoms with van der Waals surface area (Å²) in [5.41, 5.74) is 3.15. The van der Waals surface area contributed by atoms with Crippen LogP contribution in [0.2, 0.25) is 0 Å². The number of hydrogen-bond acceptors (Lipinski definition) is 3. The maximum absolute atomic E-state index is 14.4. The van der Waals surface area contributed by atoms with Gasteiger partial charge in [-0.05, 0) is 72.8 Å². The first-order valence-corrected chi connectivity index (χ1v) is 12.4. The Bertz CT molecular complexity index is 1410. The Morgan fingerprint density at radius 2 is 1.83 bits per heavy atom. The fraction of sp³-hybridized carbons (Fsp3) is 0.258. The molecule has 0 aromatic heterocycles. The summed E-state index contributed by atoms with van der Waals surface area (Å²) in [6, 6.07) is 26.1. The van der Waals surface area contributed by atoms with Gasteiger partial charge in [0.1, 0.15) is 17.7 Å². The minimum atomic E-state index is -1.25. The van der Waals surface area contributed by atoms with Crippen LogP contribution in [0.15, 0.2) is 78.9 Å². The fourth-order valence-corrected chi connectivity index (χ4v) is 5.34. The largest absolute Gasteiger partial charge is 0.490 e. The Hall–Kier alpha value is -3.70. The molecule has 184 valence electrons. The molecule has 0 amide bonds. The lowest BCUT2D eigenvalue weighted by molar-refractivity contribution is 0.0691. The number of nitrogens with one attached hydrogen (secondary N) is 1. The van der Waals surface area contributed by atoms with Crippen molar-refractivity contribution >= 4 is 16.7 Å². The maximum Gasteiger partial charge on any atom is 0.338 e. The van der Waals surface area contributed by atoms with Crippen molar-refractivity contribution in [1.82, 2.24) is 5.32 Å². The van der Waals surface area contributed by atoms with Crippen LogP contribution in [0, 0.1) is 12.7 Å². The van der Waals surface area contributed by atoms with Gasteiger partial charge in [0.25, 0.3) is 0 Å². The quantitative estimate of drug-likeness (QED) is 0.297. The number of benzene rings is 4. The van der Waals surface area contributed by atoms with Gasteiger partial charge >= 0.3 is 5.97 Å². The van der Waals surface area contributed by atoms with Gasteiger partial charge in [-0.2, -0.15) is 0 Å². The van der Waals surface area contributed by atoms with Gasteiger partial charge in [0.2, 0.25) is 0 Å². The van der Waals surface area contributed by atoms with Crippen LogP contribution in [-0.2, 0) is 0 Å². The summed E-state index contributed by atoms with van der Waals surface area (Å²) in [7, 11) is 0. The predicted octanol–water partition coefficient (Wildman–Crippen LogP) is 7.01. The molecule has 1 heterocycles. The van der Waals surface area contributed by atoms with Gasteiger partial charge in [-0.15, -0.1) is 0 Å². The first-order valence-electron chi connectivity index (χ1n) is 12.4. The number of para-hydroxylation sites is 1. The zero-order chi connectivity index (χ0) is 25.2. The molecule has 4 aromatic rings. The molecule has 3 atom stereocenters. The highest BCUT2D eigenvalue weighted by molar-refractivity contribution is 5.88. The average Bonchev–Trinajstić information content (AvgIpc) is 2.89. The van der Waals surface area contributed by atoms with Gasteiger partial charge in [0.15, 0.2) is 0 Å². The van der Waals surface area contributed by atoms with Crippen LogP contribution in [0.3, 0.4) is 0 Å². The first kappa shape index (κ1) is 24.0. The number of aryl methyl sites for hydroxylation is 1. The summed E-state index contributed by atoms with van der Waals surface area (Å²) >= 11 is 0. The van der Waals surface area contributed by atoms with E-state index in [0.29, 0.717) is 12.0 Å². The Morgan fingerprint density at radius 3 is 2.67 bits per heavy atom. The number of carboxylic acid groups (broad SMARTS) is 1. The Kier molecular flexibility index (Phi) is 6.75. The van der Waals surface area contributed by atoms with Crippen molar-refractivity contribution in [3.8, 4) is 5.75 Å². The molecule has 5 rings (SSSR count). The van der Waals surface area contributed by atoms with E-state index in [1.54, 1.807) is 13.0 Å². The number of carboxylic acids is 1. The van der Waals surface area contributed by atoms with Crippen molar-refractivity contribution in [1.29, 1.82) is 0 Å². The zero-order valence-electron chi connectivity index (χ0n) is 20.5. The summed E-state index contributed by atoms with van der Waals surface area (Å²) in [6.07, 6.45) is 1.45. The second kappa shape index (κ2) is 10.1. The molecule has 4 aromatic carbocycles. The molecular formula is C31H30FNO3. The average molecular weight is 484 g/mol. The highest BCUT2D eigenvalue weighted by atomic mass is 19.1. The summed E-state index contributed by atoms with van der Waals surface area (Å²) in [4.78, 5) is 11.6. The molecule has 0 unspecified atom stereocenters. The molecule has 0 aliphatic carbocycles. The number of carbonyl (C=O) groups is 1. The van der Waals surface area contributed by atoms with E-state index < -0.39 is 11.8 Å². The molecule has 0 spiro atoms. The van der Waals surface area contributed by atoms with E-state index in [1.165, 1.54) is 22.4 Å². The molecule has 0 bridgehead atoms. The molecular weight excluding hydrogens is 453 g/mol. The third-order valence-corrected chi connectivity index (χ3v) is 7.20. The van der Waals surface area contributed by atoms with Gasteiger partial charge in [-0.3, -0.25) is 0 Å². The number of aromatic carboxylic acids is 1. The molecule has 5 heteroatoms. The van der Waals surface area contributed by atoms with Gasteiger partial charge in [-0.25, -0.2) is 9.18 Å². The molecule has 0 saturated carbocycles. The smallest absolute Gasteiger partial charge is 0.338 e. The topological polar surface area (TPSA) is 58.6 Å². The van der Waals surface area contributed by atoms with E-state index in [4.69, 9.17) is 4.74 Å². The summed E-state index contributed by atoms with van der Waals surface area (Å²) < 4.78 is 20.8. The lowest BCUT2D eigenvalue weighted by atomic mass is 9.82. The molecule has 1 aliphatic heterocycles. The van der Waals surface area contributed by atoms with Gasteiger partial charge in [0.05, 0.1) is 5.56 Å². The van der Waals surface area contributed by atoms with Crippen LogP contribution in [0.25, 0.3) is 10.8 Å². The number of rotatable bonds is 7. The second-order valence-electron chi connectivity index (χ2n) is 9.60. The molecule has 0 fully saturated rings. The minimum Gasteiger partial charge on any atom is -0.490 e. The summed E-state index contributed by atoms with van der Waals surface area (Å²) in [5.74, 6) is -1.18. The fourth-order valence-electron chi connectivity index (χ4n) is 5.34. The predicted molar refractivity (Wildman–Crippen MR) is 140 cm³/mol. The van der Waals surface area contributed by atoms with E-state index in [0.717, 1.165) is 29.8 Å². The third kappa shape index (κ3) is 4.71. The van der Waals surface area contributed by atoms with E-state index >= 15 is 0 Å². The van der Waals surface area contributed by atoms with Crippen molar-refractivity contribution in [3.05, 3.63) is 112 Å². The van der Waals surface area contributed by atoms with Crippen LogP contribution < -0.4 is 10.1 Å². The van der Waals surface area contributed by atoms with Gasteiger partial charge in [0, 0.05) is 17.5 Å². The van der Waals surface area contributed by atoms with Crippen LogP contribution in [0.1, 0.15) is 64.3 Å². The normalized spacial score (nSPS) is 17.9. The number of ether oxygens (including phenoxy) is 1. The Balaban J connectivity index is 1.34. The lowest BCUT2D eigenvalue weighted by Gasteiger charge is -2.33. The van der Waals surface area contributed by atoms with E-state index in [1.807, 2.05) is 24.3 Å². The highest BCUT2D eigenvalue weighted by Gasteiger charge is 2.30. The molecule has 0 saturated heterocycles. The summed E-state index contributed by atoms with van der Waals surface area (Å²) in [5, 5.41) is 15.6. The van der Waals surface area contributed by atoms with E-state index in [9.17, 15) is 14.3 Å². The van der Waals surface area contributed by atoms with Crippen LogP contribution in [-0.4, -0.2) is 23.7 Å². The van der Waals surface area contributed by atoms with Crippen molar-refractivity contribution in [2.24, 2.45) is 0 Å².